The molecule has 1 amide bonds. The molecule has 0 saturated heterocycles. The van der Waals surface area contributed by atoms with Gasteiger partial charge in [-0.05, 0) is 31.2 Å². The van der Waals surface area contributed by atoms with E-state index in [1.54, 1.807) is 12.1 Å². The third kappa shape index (κ3) is 3.70. The Kier molecular flexibility index (Phi) is 4.69. The molecule has 2 aromatic rings. The number of benzene rings is 1. The molecule has 1 aromatic heterocycles. The highest BCUT2D eigenvalue weighted by molar-refractivity contribution is 5.93. The average Bonchev–Trinajstić information content (AvgIpc) is 2.88. The van der Waals surface area contributed by atoms with E-state index >= 15 is 0 Å². The summed E-state index contributed by atoms with van der Waals surface area (Å²) in [7, 11) is 1.28. The molecule has 120 valence electrons. The van der Waals surface area contributed by atoms with Gasteiger partial charge in [0.25, 0.3) is 0 Å². The van der Waals surface area contributed by atoms with E-state index in [0.29, 0.717) is 11.3 Å². The Labute approximate surface area is 130 Å². The smallest absolute Gasteiger partial charge is 0.358 e. The van der Waals surface area contributed by atoms with Crippen molar-refractivity contribution in [2.75, 3.05) is 12.4 Å². The van der Waals surface area contributed by atoms with Crippen molar-refractivity contribution in [1.29, 1.82) is 0 Å². The number of ether oxygens (including phenoxy) is 1. The largest absolute Gasteiger partial charge is 0.476 e. The summed E-state index contributed by atoms with van der Waals surface area (Å²) < 4.78 is 5.77. The van der Waals surface area contributed by atoms with E-state index in [0.717, 1.165) is 0 Å². The van der Waals surface area contributed by atoms with E-state index in [4.69, 9.17) is 5.11 Å². The summed E-state index contributed by atoms with van der Waals surface area (Å²) in [6.45, 7) is 1.34. The SMILES string of the molecule is COC(=O)c1ccc(NC(=O)Cn2nnc(C(=O)O)c2C)cc1. The van der Waals surface area contributed by atoms with Crippen LogP contribution in [-0.4, -0.2) is 45.1 Å². The van der Waals surface area contributed by atoms with E-state index in [9.17, 15) is 14.4 Å². The second-order valence-electron chi connectivity index (χ2n) is 4.60. The quantitative estimate of drug-likeness (QED) is 0.778. The Bertz CT molecular complexity index is 751. The van der Waals surface area contributed by atoms with Crippen LogP contribution in [0.5, 0.6) is 0 Å². The molecule has 0 bridgehead atoms. The van der Waals surface area contributed by atoms with Crippen LogP contribution < -0.4 is 5.32 Å². The number of aromatic nitrogens is 3. The number of carbonyl (C=O) groups is 3. The summed E-state index contributed by atoms with van der Waals surface area (Å²) >= 11 is 0. The topological polar surface area (TPSA) is 123 Å². The number of esters is 1. The lowest BCUT2D eigenvalue weighted by atomic mass is 10.2. The van der Waals surface area contributed by atoms with Gasteiger partial charge in [0.2, 0.25) is 5.91 Å². The molecule has 0 unspecified atom stereocenters. The van der Waals surface area contributed by atoms with Crippen LogP contribution in [0.2, 0.25) is 0 Å². The van der Waals surface area contributed by atoms with E-state index < -0.39 is 17.8 Å². The van der Waals surface area contributed by atoms with Crippen LogP contribution in [0.4, 0.5) is 5.69 Å². The molecule has 0 aliphatic rings. The van der Waals surface area contributed by atoms with Gasteiger partial charge in [-0.3, -0.25) is 4.79 Å². The first-order valence-corrected chi connectivity index (χ1v) is 6.54. The molecular formula is C14H14N4O5. The predicted molar refractivity (Wildman–Crippen MR) is 78.1 cm³/mol. The van der Waals surface area contributed by atoms with E-state index in [-0.39, 0.29) is 17.9 Å². The maximum Gasteiger partial charge on any atom is 0.358 e. The maximum absolute atomic E-state index is 11.9. The average molecular weight is 318 g/mol. The first-order chi connectivity index (χ1) is 10.9. The number of carbonyl (C=O) groups excluding carboxylic acids is 2. The van der Waals surface area contributed by atoms with Crippen molar-refractivity contribution in [3.63, 3.8) is 0 Å². The second kappa shape index (κ2) is 6.69. The first-order valence-electron chi connectivity index (χ1n) is 6.54. The molecule has 0 saturated carbocycles. The van der Waals surface area contributed by atoms with Gasteiger partial charge in [0, 0.05) is 5.69 Å². The van der Waals surface area contributed by atoms with Crippen LogP contribution in [0.1, 0.15) is 26.5 Å². The Morgan fingerprint density at radius 3 is 2.43 bits per heavy atom. The van der Waals surface area contributed by atoms with Crippen molar-refractivity contribution in [3.05, 3.63) is 41.2 Å². The summed E-state index contributed by atoms with van der Waals surface area (Å²) in [5, 5.41) is 18.6. The van der Waals surface area contributed by atoms with E-state index in [2.05, 4.69) is 20.4 Å². The number of carboxylic acids is 1. The molecule has 9 nitrogen and oxygen atoms in total. The second-order valence-corrected chi connectivity index (χ2v) is 4.60. The number of nitrogens with one attached hydrogen (secondary N) is 1. The predicted octanol–water partition coefficient (Wildman–Crippen LogP) is 0.710. The molecule has 2 N–H and O–H groups in total. The molecule has 2 rings (SSSR count). The molecular weight excluding hydrogens is 304 g/mol. The van der Waals surface area contributed by atoms with Gasteiger partial charge in [0.1, 0.15) is 6.54 Å². The van der Waals surface area contributed by atoms with Crippen molar-refractivity contribution in [2.45, 2.75) is 13.5 Å². The van der Waals surface area contributed by atoms with Crippen LogP contribution in [0.25, 0.3) is 0 Å². The summed E-state index contributed by atoms with van der Waals surface area (Å²) in [5.41, 5.74) is 0.941. The lowest BCUT2D eigenvalue weighted by Gasteiger charge is -2.07. The lowest BCUT2D eigenvalue weighted by molar-refractivity contribution is -0.117. The normalized spacial score (nSPS) is 10.2. The summed E-state index contributed by atoms with van der Waals surface area (Å²) in [5.74, 6) is -2.07. The maximum atomic E-state index is 11.9. The first kappa shape index (κ1) is 16.1. The molecule has 0 radical (unpaired) electrons. The Hall–Kier alpha value is -3.23. The molecule has 23 heavy (non-hydrogen) atoms. The minimum atomic E-state index is -1.20. The summed E-state index contributed by atoms with van der Waals surface area (Å²) in [6, 6.07) is 6.15. The molecule has 1 aromatic carbocycles. The number of aromatic carboxylic acids is 1. The highest BCUT2D eigenvalue weighted by Crippen LogP contribution is 2.11. The van der Waals surface area contributed by atoms with Crippen molar-refractivity contribution in [3.8, 4) is 0 Å². The number of carboxylic acid groups (broad SMARTS) is 1. The van der Waals surface area contributed by atoms with Crippen LogP contribution in [-0.2, 0) is 16.1 Å². The van der Waals surface area contributed by atoms with Gasteiger partial charge in [-0.25, -0.2) is 14.3 Å². The van der Waals surface area contributed by atoms with Gasteiger partial charge >= 0.3 is 11.9 Å². The van der Waals surface area contributed by atoms with E-state index in [1.165, 1.54) is 30.8 Å². The number of hydrogen-bond acceptors (Lipinski definition) is 6. The molecule has 1 heterocycles. The molecule has 0 aliphatic carbocycles. The minimum Gasteiger partial charge on any atom is -0.476 e. The van der Waals surface area contributed by atoms with Gasteiger partial charge < -0.3 is 15.2 Å². The molecule has 9 heteroatoms. The Balaban J connectivity index is 2.02. The zero-order chi connectivity index (χ0) is 17.0. The zero-order valence-electron chi connectivity index (χ0n) is 12.4. The van der Waals surface area contributed by atoms with Gasteiger partial charge in [0.05, 0.1) is 18.4 Å². The zero-order valence-corrected chi connectivity index (χ0v) is 12.4. The molecule has 0 spiro atoms. The molecule has 0 atom stereocenters. The van der Waals surface area contributed by atoms with Crippen molar-refractivity contribution in [1.82, 2.24) is 15.0 Å². The highest BCUT2D eigenvalue weighted by atomic mass is 16.5. The summed E-state index contributed by atoms with van der Waals surface area (Å²) in [4.78, 5) is 34.1. The van der Waals surface area contributed by atoms with Crippen LogP contribution in [0, 0.1) is 6.92 Å². The number of anilines is 1. The van der Waals surface area contributed by atoms with Gasteiger partial charge in [0.15, 0.2) is 5.69 Å². The number of amides is 1. The third-order valence-corrected chi connectivity index (χ3v) is 3.07. The van der Waals surface area contributed by atoms with Crippen LogP contribution in [0.3, 0.4) is 0 Å². The van der Waals surface area contributed by atoms with Crippen LogP contribution >= 0.6 is 0 Å². The number of nitrogens with zero attached hydrogens (tertiary/aromatic N) is 3. The van der Waals surface area contributed by atoms with Crippen molar-refractivity contribution in [2.24, 2.45) is 0 Å². The third-order valence-electron chi connectivity index (χ3n) is 3.07. The lowest BCUT2D eigenvalue weighted by Crippen LogP contribution is -2.20. The van der Waals surface area contributed by atoms with Crippen molar-refractivity contribution >= 4 is 23.5 Å². The van der Waals surface area contributed by atoms with E-state index in [1.807, 2.05) is 0 Å². The van der Waals surface area contributed by atoms with Gasteiger partial charge in [-0.2, -0.15) is 0 Å². The van der Waals surface area contributed by atoms with Crippen LogP contribution in [0.15, 0.2) is 24.3 Å². The highest BCUT2D eigenvalue weighted by Gasteiger charge is 2.16. The fourth-order valence-corrected chi connectivity index (χ4v) is 1.85. The number of rotatable bonds is 5. The fraction of sp³-hybridized carbons (Fsp3) is 0.214. The Morgan fingerprint density at radius 1 is 1.26 bits per heavy atom. The number of hydrogen-bond donors (Lipinski definition) is 2. The standard InChI is InChI=1S/C14H14N4O5/c1-8-12(13(20)21)16-17-18(8)7-11(19)15-10-5-3-9(4-6-10)14(22)23-2/h3-6H,7H2,1-2H3,(H,15,19)(H,20,21). The summed E-state index contributed by atoms with van der Waals surface area (Å²) in [6.07, 6.45) is 0. The minimum absolute atomic E-state index is 0.176. The van der Waals surface area contributed by atoms with Crippen molar-refractivity contribution < 1.29 is 24.2 Å². The molecule has 0 fully saturated rings. The fourth-order valence-electron chi connectivity index (χ4n) is 1.85. The van der Waals surface area contributed by atoms with Gasteiger partial charge in [-0.15, -0.1) is 5.10 Å². The monoisotopic (exact) mass is 318 g/mol. The Morgan fingerprint density at radius 2 is 1.91 bits per heavy atom. The van der Waals surface area contributed by atoms with Gasteiger partial charge in [-0.1, -0.05) is 5.21 Å². The number of methoxy groups -OCH3 is 1. The molecule has 0 aliphatic heterocycles.